The molecule has 0 bridgehead atoms. The molecule has 5 rings (SSSR count). The molecule has 1 saturated heterocycles. The number of aromatic nitrogens is 2. The van der Waals surface area contributed by atoms with E-state index in [1.165, 1.54) is 0 Å². The van der Waals surface area contributed by atoms with Crippen molar-refractivity contribution in [2.75, 3.05) is 36.0 Å². The zero-order valence-corrected chi connectivity index (χ0v) is 23.1. The number of amides is 1. The minimum Gasteiger partial charge on any atom is -0.467 e. The molecule has 1 fully saturated rings. The highest BCUT2D eigenvalue weighted by Gasteiger charge is 2.22. The maximum absolute atomic E-state index is 12.6. The van der Waals surface area contributed by atoms with Crippen molar-refractivity contribution in [3.63, 3.8) is 0 Å². The Balaban J connectivity index is 1.22. The molecule has 1 amide bonds. The SMILES string of the molecule is Cc1nc(SCc2cccc(C(=O)NCc3ccco3)c2)nc(N2CCN(c3ccccc3Cl)CC2)c1C. The lowest BCUT2D eigenvalue weighted by Crippen LogP contribution is -2.47. The van der Waals surface area contributed by atoms with Crippen LogP contribution in [0.3, 0.4) is 0 Å². The maximum Gasteiger partial charge on any atom is 0.251 e. The smallest absolute Gasteiger partial charge is 0.251 e. The van der Waals surface area contributed by atoms with E-state index >= 15 is 0 Å². The lowest BCUT2D eigenvalue weighted by molar-refractivity contribution is 0.0948. The normalized spacial score (nSPS) is 13.6. The van der Waals surface area contributed by atoms with Crippen molar-refractivity contribution in [3.8, 4) is 0 Å². The van der Waals surface area contributed by atoms with Gasteiger partial charge >= 0.3 is 0 Å². The number of aryl methyl sites for hydroxylation is 1. The summed E-state index contributed by atoms with van der Waals surface area (Å²) < 4.78 is 5.29. The van der Waals surface area contributed by atoms with Crippen LogP contribution in [0.4, 0.5) is 11.5 Å². The molecule has 0 aliphatic carbocycles. The number of benzene rings is 2. The second-order valence-corrected chi connectivity index (χ2v) is 10.6. The van der Waals surface area contributed by atoms with Crippen molar-refractivity contribution in [2.24, 2.45) is 0 Å². The highest BCUT2D eigenvalue weighted by Crippen LogP contribution is 2.30. The van der Waals surface area contributed by atoms with E-state index < -0.39 is 0 Å². The number of hydrogen-bond donors (Lipinski definition) is 1. The number of halogens is 1. The number of carbonyl (C=O) groups is 1. The van der Waals surface area contributed by atoms with Crippen molar-refractivity contribution >= 4 is 40.8 Å². The van der Waals surface area contributed by atoms with Gasteiger partial charge in [-0.25, -0.2) is 9.97 Å². The van der Waals surface area contributed by atoms with Gasteiger partial charge in [0.1, 0.15) is 11.6 Å². The summed E-state index contributed by atoms with van der Waals surface area (Å²) in [6, 6.07) is 19.3. The fourth-order valence-corrected chi connectivity index (χ4v) is 5.54. The van der Waals surface area contributed by atoms with Gasteiger partial charge in [-0.2, -0.15) is 0 Å². The third-order valence-electron chi connectivity index (χ3n) is 6.68. The van der Waals surface area contributed by atoms with Gasteiger partial charge in [-0.3, -0.25) is 4.79 Å². The molecule has 3 heterocycles. The van der Waals surface area contributed by atoms with Crippen LogP contribution >= 0.6 is 23.4 Å². The van der Waals surface area contributed by atoms with Crippen LogP contribution in [0.1, 0.15) is 32.9 Å². The van der Waals surface area contributed by atoms with Gasteiger partial charge in [0, 0.05) is 48.8 Å². The van der Waals surface area contributed by atoms with E-state index in [1.807, 2.05) is 55.5 Å². The van der Waals surface area contributed by atoms with E-state index in [0.717, 1.165) is 70.4 Å². The molecule has 9 heteroatoms. The Morgan fingerprint density at radius 3 is 2.55 bits per heavy atom. The molecule has 1 N–H and O–H groups in total. The van der Waals surface area contributed by atoms with Crippen molar-refractivity contribution in [2.45, 2.75) is 31.3 Å². The Kier molecular flexibility index (Phi) is 8.20. The number of para-hydroxylation sites is 1. The number of anilines is 2. The zero-order valence-electron chi connectivity index (χ0n) is 21.5. The Morgan fingerprint density at radius 1 is 1.00 bits per heavy atom. The molecule has 0 radical (unpaired) electrons. The summed E-state index contributed by atoms with van der Waals surface area (Å²) in [5.41, 5.74) is 4.83. The highest BCUT2D eigenvalue weighted by atomic mass is 35.5. The molecule has 38 heavy (non-hydrogen) atoms. The second kappa shape index (κ2) is 11.9. The van der Waals surface area contributed by atoms with Crippen LogP contribution in [0.5, 0.6) is 0 Å². The summed E-state index contributed by atoms with van der Waals surface area (Å²) in [5, 5.41) is 4.42. The van der Waals surface area contributed by atoms with E-state index in [4.69, 9.17) is 26.0 Å². The molecule has 2 aromatic carbocycles. The molecular weight excluding hydrogens is 518 g/mol. The zero-order chi connectivity index (χ0) is 26.5. The average Bonchev–Trinajstić information content (AvgIpc) is 3.47. The molecule has 1 aliphatic heterocycles. The Bertz CT molecular complexity index is 1400. The molecular formula is C29H30ClN5O2S. The molecule has 0 spiro atoms. The number of nitrogens with zero attached hydrogens (tertiary/aromatic N) is 4. The summed E-state index contributed by atoms with van der Waals surface area (Å²) in [4.78, 5) is 27.0. The van der Waals surface area contributed by atoms with E-state index in [1.54, 1.807) is 24.1 Å². The van der Waals surface area contributed by atoms with Crippen LogP contribution < -0.4 is 15.1 Å². The largest absolute Gasteiger partial charge is 0.467 e. The van der Waals surface area contributed by atoms with Crippen LogP contribution in [0.2, 0.25) is 5.02 Å². The van der Waals surface area contributed by atoms with E-state index in [0.29, 0.717) is 17.9 Å². The van der Waals surface area contributed by atoms with Gasteiger partial charge in [-0.1, -0.05) is 47.6 Å². The summed E-state index contributed by atoms with van der Waals surface area (Å²) in [6.07, 6.45) is 1.60. The first-order valence-electron chi connectivity index (χ1n) is 12.6. The van der Waals surface area contributed by atoms with Crippen LogP contribution in [0.25, 0.3) is 0 Å². The molecule has 0 saturated carbocycles. The Labute approximate surface area is 232 Å². The molecule has 1 aliphatic rings. The molecule has 0 atom stereocenters. The molecule has 196 valence electrons. The lowest BCUT2D eigenvalue weighted by Gasteiger charge is -2.37. The number of rotatable bonds is 8. The molecule has 4 aromatic rings. The molecule has 0 unspecified atom stereocenters. The number of carbonyl (C=O) groups excluding carboxylic acids is 1. The summed E-state index contributed by atoms with van der Waals surface area (Å²) >= 11 is 8.00. The number of furan rings is 1. The average molecular weight is 548 g/mol. The first-order valence-corrected chi connectivity index (χ1v) is 14.0. The first-order chi connectivity index (χ1) is 18.5. The lowest BCUT2D eigenvalue weighted by atomic mass is 10.1. The predicted octanol–water partition coefficient (Wildman–Crippen LogP) is 5.89. The number of nitrogens with one attached hydrogen (secondary N) is 1. The van der Waals surface area contributed by atoms with Crippen LogP contribution in [0, 0.1) is 13.8 Å². The summed E-state index contributed by atoms with van der Waals surface area (Å²) in [7, 11) is 0. The number of thioether (sulfide) groups is 1. The van der Waals surface area contributed by atoms with Crippen molar-refractivity contribution in [1.29, 1.82) is 0 Å². The summed E-state index contributed by atoms with van der Waals surface area (Å²) in [5.74, 6) is 2.25. The van der Waals surface area contributed by atoms with Crippen LogP contribution in [-0.4, -0.2) is 42.1 Å². The Morgan fingerprint density at radius 2 is 1.79 bits per heavy atom. The molecule has 2 aromatic heterocycles. The van der Waals surface area contributed by atoms with E-state index in [-0.39, 0.29) is 5.91 Å². The van der Waals surface area contributed by atoms with Gasteiger partial charge in [0.15, 0.2) is 5.16 Å². The number of piperazine rings is 1. The minimum absolute atomic E-state index is 0.131. The van der Waals surface area contributed by atoms with Gasteiger partial charge in [0.2, 0.25) is 0 Å². The van der Waals surface area contributed by atoms with Crippen molar-refractivity contribution in [3.05, 3.63) is 100 Å². The monoisotopic (exact) mass is 547 g/mol. The third kappa shape index (κ3) is 6.14. The van der Waals surface area contributed by atoms with Gasteiger partial charge in [-0.05, 0) is 55.8 Å². The quantitative estimate of drug-likeness (QED) is 0.218. The second-order valence-electron chi connectivity index (χ2n) is 9.22. The standard InChI is InChI=1S/C29H30ClN5O2S/c1-20-21(2)32-29(33-27(20)35-14-12-34(13-15-35)26-11-4-3-10-25(26)30)38-19-22-7-5-8-23(17-22)28(36)31-18-24-9-6-16-37-24/h3-11,16-17H,12-15,18-19H2,1-2H3,(H,31,36). The Hall–Kier alpha value is -3.49. The fourth-order valence-electron chi connectivity index (χ4n) is 4.46. The number of hydrogen-bond acceptors (Lipinski definition) is 7. The fraction of sp³-hybridized carbons (Fsp3) is 0.276. The topological polar surface area (TPSA) is 74.5 Å². The van der Waals surface area contributed by atoms with Gasteiger partial charge in [0.05, 0.1) is 23.5 Å². The predicted molar refractivity (Wildman–Crippen MR) is 153 cm³/mol. The van der Waals surface area contributed by atoms with Crippen LogP contribution in [-0.2, 0) is 12.3 Å². The third-order valence-corrected chi connectivity index (χ3v) is 7.91. The molecule has 7 nitrogen and oxygen atoms in total. The van der Waals surface area contributed by atoms with Crippen LogP contribution in [0.15, 0.2) is 76.5 Å². The van der Waals surface area contributed by atoms with Gasteiger partial charge in [-0.15, -0.1) is 0 Å². The van der Waals surface area contributed by atoms with Gasteiger partial charge < -0.3 is 19.5 Å². The summed E-state index contributed by atoms with van der Waals surface area (Å²) in [6.45, 7) is 7.96. The first kappa shape index (κ1) is 26.1. The van der Waals surface area contributed by atoms with Gasteiger partial charge in [0.25, 0.3) is 5.91 Å². The maximum atomic E-state index is 12.6. The highest BCUT2D eigenvalue weighted by molar-refractivity contribution is 7.98. The van der Waals surface area contributed by atoms with Crippen molar-refractivity contribution in [1.82, 2.24) is 15.3 Å². The van der Waals surface area contributed by atoms with Crippen molar-refractivity contribution < 1.29 is 9.21 Å². The van der Waals surface area contributed by atoms with E-state index in [9.17, 15) is 4.79 Å². The van der Waals surface area contributed by atoms with E-state index in [2.05, 4.69) is 28.1 Å². The minimum atomic E-state index is -0.131.